The van der Waals surface area contributed by atoms with E-state index in [1.165, 1.54) is 7.11 Å². The number of nitrogens with two attached hydrogens (primary N) is 1. The van der Waals surface area contributed by atoms with Gasteiger partial charge >= 0.3 is 0 Å². The van der Waals surface area contributed by atoms with E-state index in [0.717, 1.165) is 5.56 Å². The van der Waals surface area contributed by atoms with Crippen molar-refractivity contribution >= 4 is 11.8 Å². The number of likely N-dealkylation sites (N-methyl/N-ethyl adjacent to an activating group) is 1. The molecule has 128 valence electrons. The summed E-state index contributed by atoms with van der Waals surface area (Å²) in [4.78, 5) is 23.1. The number of carbonyl (C=O) groups is 2. The molecule has 0 aliphatic heterocycles. The van der Waals surface area contributed by atoms with Gasteiger partial charge in [0.1, 0.15) is 0 Å². The number of carbonyl (C=O) groups excluding carboxylic acids is 2. The minimum Gasteiger partial charge on any atom is -0.493 e. The molecule has 4 N–H and O–H groups in total. The maximum absolute atomic E-state index is 11.7. The van der Waals surface area contributed by atoms with Gasteiger partial charge in [0.25, 0.3) is 5.91 Å². The van der Waals surface area contributed by atoms with E-state index in [2.05, 4.69) is 10.6 Å². The zero-order valence-corrected chi connectivity index (χ0v) is 13.8. The Morgan fingerprint density at radius 2 is 2.00 bits per heavy atom. The van der Waals surface area contributed by atoms with Gasteiger partial charge in [0.2, 0.25) is 5.91 Å². The molecule has 7 nitrogen and oxygen atoms in total. The minimum absolute atomic E-state index is 0.0751. The Balaban J connectivity index is 2.65. The highest BCUT2D eigenvalue weighted by atomic mass is 16.5. The number of amides is 2. The normalized spacial score (nSPS) is 11.5. The predicted molar refractivity (Wildman–Crippen MR) is 87.2 cm³/mol. The lowest BCUT2D eigenvalue weighted by atomic mass is 10.1. The lowest BCUT2D eigenvalue weighted by molar-refractivity contribution is -0.124. The molecule has 0 spiro atoms. The van der Waals surface area contributed by atoms with Crippen LogP contribution in [0.3, 0.4) is 0 Å². The first kappa shape index (κ1) is 18.8. The molecule has 0 aromatic heterocycles. The van der Waals surface area contributed by atoms with Gasteiger partial charge in [-0.3, -0.25) is 9.59 Å². The summed E-state index contributed by atoms with van der Waals surface area (Å²) in [7, 11) is 1.52. The van der Waals surface area contributed by atoms with E-state index in [1.807, 2.05) is 13.0 Å². The van der Waals surface area contributed by atoms with Crippen molar-refractivity contribution in [3.05, 3.63) is 23.8 Å². The quantitative estimate of drug-likeness (QED) is 0.611. The van der Waals surface area contributed by atoms with Gasteiger partial charge in [-0.1, -0.05) is 13.0 Å². The Labute approximate surface area is 136 Å². The molecule has 1 aromatic rings. The summed E-state index contributed by atoms with van der Waals surface area (Å²) < 4.78 is 10.7. The van der Waals surface area contributed by atoms with Crippen LogP contribution in [-0.4, -0.2) is 38.6 Å². The van der Waals surface area contributed by atoms with Crippen LogP contribution in [-0.2, 0) is 16.1 Å². The summed E-state index contributed by atoms with van der Waals surface area (Å²) in [5.41, 5.74) is 6.32. The topological polar surface area (TPSA) is 103 Å². The van der Waals surface area contributed by atoms with Gasteiger partial charge in [0, 0.05) is 25.6 Å². The first-order valence-electron chi connectivity index (χ1n) is 7.56. The number of ether oxygens (including phenoxy) is 2. The van der Waals surface area contributed by atoms with E-state index in [4.69, 9.17) is 15.2 Å². The molecular formula is C16H25N3O4. The molecule has 1 rings (SSSR count). The Morgan fingerprint density at radius 1 is 1.26 bits per heavy atom. The fraction of sp³-hybridized carbons (Fsp3) is 0.500. The highest BCUT2D eigenvalue weighted by Gasteiger charge is 2.12. The van der Waals surface area contributed by atoms with Crippen molar-refractivity contribution in [1.29, 1.82) is 0 Å². The number of nitrogens with one attached hydrogen (secondary N) is 2. The maximum Gasteiger partial charge on any atom is 0.257 e. The second-order valence-corrected chi connectivity index (χ2v) is 5.08. The predicted octanol–water partition coefficient (Wildman–Crippen LogP) is 0.421. The maximum atomic E-state index is 11.7. The summed E-state index contributed by atoms with van der Waals surface area (Å²) in [6.45, 7) is 4.77. The molecule has 0 saturated heterocycles. The van der Waals surface area contributed by atoms with Crippen LogP contribution in [0.15, 0.2) is 18.2 Å². The van der Waals surface area contributed by atoms with E-state index in [1.54, 1.807) is 19.1 Å². The van der Waals surface area contributed by atoms with Crippen LogP contribution in [0.5, 0.6) is 11.5 Å². The minimum atomic E-state index is -0.225. The third-order valence-corrected chi connectivity index (χ3v) is 3.23. The SMILES string of the molecule is CCNC(=O)COc1ccc(CNC(=O)C(C)CN)cc1OC. The van der Waals surface area contributed by atoms with Gasteiger partial charge in [-0.15, -0.1) is 0 Å². The Kier molecular flexibility index (Phi) is 7.90. The molecular weight excluding hydrogens is 298 g/mol. The smallest absolute Gasteiger partial charge is 0.257 e. The number of rotatable bonds is 9. The average molecular weight is 323 g/mol. The van der Waals surface area contributed by atoms with Crippen LogP contribution in [0, 0.1) is 5.92 Å². The lowest BCUT2D eigenvalue weighted by Crippen LogP contribution is -2.32. The molecule has 0 fully saturated rings. The van der Waals surface area contributed by atoms with Gasteiger partial charge in [-0.05, 0) is 24.6 Å². The average Bonchev–Trinajstić information content (AvgIpc) is 2.57. The van der Waals surface area contributed by atoms with Gasteiger partial charge in [-0.25, -0.2) is 0 Å². The van der Waals surface area contributed by atoms with Crippen LogP contribution < -0.4 is 25.8 Å². The van der Waals surface area contributed by atoms with Crippen molar-refractivity contribution < 1.29 is 19.1 Å². The number of hydrogen-bond donors (Lipinski definition) is 3. The fourth-order valence-corrected chi connectivity index (χ4v) is 1.80. The molecule has 0 heterocycles. The van der Waals surface area contributed by atoms with E-state index in [9.17, 15) is 9.59 Å². The van der Waals surface area contributed by atoms with Crippen molar-refractivity contribution in [3.63, 3.8) is 0 Å². The molecule has 2 amide bonds. The van der Waals surface area contributed by atoms with Gasteiger partial charge in [0.15, 0.2) is 18.1 Å². The fourth-order valence-electron chi connectivity index (χ4n) is 1.80. The van der Waals surface area contributed by atoms with Crippen LogP contribution in [0.1, 0.15) is 19.4 Å². The molecule has 23 heavy (non-hydrogen) atoms. The molecule has 1 atom stereocenters. The first-order chi connectivity index (χ1) is 11.0. The molecule has 0 aliphatic carbocycles. The Bertz CT molecular complexity index is 534. The zero-order chi connectivity index (χ0) is 17.2. The summed E-state index contributed by atoms with van der Waals surface area (Å²) in [6, 6.07) is 5.29. The van der Waals surface area contributed by atoms with Crippen LogP contribution in [0.4, 0.5) is 0 Å². The van der Waals surface area contributed by atoms with Crippen molar-refractivity contribution in [2.75, 3.05) is 26.8 Å². The Morgan fingerprint density at radius 3 is 2.61 bits per heavy atom. The molecule has 7 heteroatoms. The summed E-state index contributed by atoms with van der Waals surface area (Å²) >= 11 is 0. The summed E-state index contributed by atoms with van der Waals surface area (Å²) in [5.74, 6) is 0.471. The third-order valence-electron chi connectivity index (χ3n) is 3.23. The lowest BCUT2D eigenvalue weighted by Gasteiger charge is -2.13. The van der Waals surface area contributed by atoms with E-state index in [-0.39, 0.29) is 24.3 Å². The molecule has 1 aromatic carbocycles. The van der Waals surface area contributed by atoms with E-state index < -0.39 is 0 Å². The number of hydrogen-bond acceptors (Lipinski definition) is 5. The van der Waals surface area contributed by atoms with Gasteiger partial charge in [0.05, 0.1) is 7.11 Å². The third kappa shape index (κ3) is 6.15. The first-order valence-corrected chi connectivity index (χ1v) is 7.56. The highest BCUT2D eigenvalue weighted by Crippen LogP contribution is 2.28. The summed E-state index contributed by atoms with van der Waals surface area (Å²) in [6.07, 6.45) is 0. The Hall–Kier alpha value is -2.28. The molecule has 0 saturated carbocycles. The van der Waals surface area contributed by atoms with Crippen LogP contribution in [0.2, 0.25) is 0 Å². The molecule has 1 unspecified atom stereocenters. The van der Waals surface area contributed by atoms with Crippen molar-refractivity contribution in [3.8, 4) is 11.5 Å². The van der Waals surface area contributed by atoms with Gasteiger partial charge in [-0.2, -0.15) is 0 Å². The molecule has 0 radical (unpaired) electrons. The van der Waals surface area contributed by atoms with E-state index >= 15 is 0 Å². The number of benzene rings is 1. The zero-order valence-electron chi connectivity index (χ0n) is 13.8. The highest BCUT2D eigenvalue weighted by molar-refractivity contribution is 5.78. The summed E-state index contributed by atoms with van der Waals surface area (Å²) in [5, 5.41) is 5.46. The van der Waals surface area contributed by atoms with Crippen LogP contribution >= 0.6 is 0 Å². The van der Waals surface area contributed by atoms with E-state index in [0.29, 0.717) is 31.1 Å². The molecule has 0 bridgehead atoms. The standard InChI is InChI=1S/C16H25N3O4/c1-4-18-15(20)10-23-13-6-5-12(7-14(13)22-3)9-19-16(21)11(2)8-17/h5-7,11H,4,8-10,17H2,1-3H3,(H,18,20)(H,19,21). The largest absolute Gasteiger partial charge is 0.493 e. The van der Waals surface area contributed by atoms with Crippen LogP contribution in [0.25, 0.3) is 0 Å². The monoisotopic (exact) mass is 323 g/mol. The second kappa shape index (κ2) is 9.68. The van der Waals surface area contributed by atoms with Gasteiger partial charge < -0.3 is 25.8 Å². The number of methoxy groups -OCH3 is 1. The van der Waals surface area contributed by atoms with Crippen molar-refractivity contribution in [2.45, 2.75) is 20.4 Å². The van der Waals surface area contributed by atoms with Crippen molar-refractivity contribution in [2.24, 2.45) is 11.7 Å². The second-order valence-electron chi connectivity index (χ2n) is 5.08. The van der Waals surface area contributed by atoms with Crippen molar-refractivity contribution in [1.82, 2.24) is 10.6 Å². The molecule has 0 aliphatic rings.